The molecule has 4 aromatic rings. The largest absolute Gasteiger partial charge is 0.345 e. The molecule has 0 bridgehead atoms. The Bertz CT molecular complexity index is 1080. The van der Waals surface area contributed by atoms with Crippen molar-refractivity contribution in [2.75, 3.05) is 0 Å². The highest BCUT2D eigenvalue weighted by molar-refractivity contribution is 7.09. The van der Waals surface area contributed by atoms with Crippen LogP contribution in [0, 0.1) is 6.92 Å². The van der Waals surface area contributed by atoms with E-state index in [1.165, 1.54) is 0 Å². The predicted octanol–water partition coefficient (Wildman–Crippen LogP) is 4.22. The summed E-state index contributed by atoms with van der Waals surface area (Å²) in [6.45, 7) is 2.40. The standard InChI is InChI=1S/C22H23N5OS/c1-15-7-6-12-23-18(15)13-24-22(28)19-14-29-21(27-19)11-5-4-10-20-25-16-8-2-3-9-17(16)26-20/h2-3,6-9,12,14H,4-5,10-11,13H2,1H3,(H,24,28)(H,25,26). The molecular weight excluding hydrogens is 382 g/mol. The number of benzene rings is 1. The number of carbonyl (C=O) groups excluding carboxylic acids is 1. The molecule has 2 N–H and O–H groups in total. The van der Waals surface area contributed by atoms with Crippen LogP contribution in [0.4, 0.5) is 0 Å². The Balaban J connectivity index is 1.23. The van der Waals surface area contributed by atoms with E-state index in [0.29, 0.717) is 12.2 Å². The SMILES string of the molecule is Cc1cccnc1CNC(=O)c1csc(CCCCc2nc3ccccc3[nH]2)n1. The van der Waals surface area contributed by atoms with Crippen molar-refractivity contribution in [3.63, 3.8) is 0 Å². The van der Waals surface area contributed by atoms with Crippen molar-refractivity contribution < 1.29 is 4.79 Å². The minimum Gasteiger partial charge on any atom is -0.345 e. The summed E-state index contributed by atoms with van der Waals surface area (Å²) in [7, 11) is 0. The topological polar surface area (TPSA) is 83.6 Å². The summed E-state index contributed by atoms with van der Waals surface area (Å²) >= 11 is 1.54. The van der Waals surface area contributed by atoms with Crippen LogP contribution < -0.4 is 5.32 Å². The van der Waals surface area contributed by atoms with E-state index in [4.69, 9.17) is 0 Å². The van der Waals surface area contributed by atoms with Gasteiger partial charge in [0.15, 0.2) is 0 Å². The van der Waals surface area contributed by atoms with E-state index in [1.54, 1.807) is 17.5 Å². The third-order valence-electron chi connectivity index (χ3n) is 4.81. The Kier molecular flexibility index (Phi) is 5.95. The molecule has 3 aromatic heterocycles. The molecule has 29 heavy (non-hydrogen) atoms. The van der Waals surface area contributed by atoms with Crippen molar-refractivity contribution in [2.45, 2.75) is 39.2 Å². The Morgan fingerprint density at radius 1 is 1.10 bits per heavy atom. The molecule has 148 valence electrons. The summed E-state index contributed by atoms with van der Waals surface area (Å²) in [4.78, 5) is 29.1. The number of H-pyrrole nitrogens is 1. The summed E-state index contributed by atoms with van der Waals surface area (Å²) in [6, 6.07) is 12.0. The number of nitrogens with zero attached hydrogens (tertiary/aromatic N) is 3. The van der Waals surface area contributed by atoms with Crippen LogP contribution in [0.25, 0.3) is 11.0 Å². The van der Waals surface area contributed by atoms with Crippen LogP contribution in [0.3, 0.4) is 0 Å². The van der Waals surface area contributed by atoms with Crippen LogP contribution in [-0.2, 0) is 19.4 Å². The molecule has 0 saturated heterocycles. The third-order valence-corrected chi connectivity index (χ3v) is 5.72. The summed E-state index contributed by atoms with van der Waals surface area (Å²) < 4.78 is 0. The molecule has 0 saturated carbocycles. The van der Waals surface area contributed by atoms with Crippen LogP contribution in [0.5, 0.6) is 0 Å². The van der Waals surface area contributed by atoms with Crippen LogP contribution in [-0.4, -0.2) is 25.8 Å². The van der Waals surface area contributed by atoms with Gasteiger partial charge in [0.25, 0.3) is 5.91 Å². The lowest BCUT2D eigenvalue weighted by atomic mass is 10.2. The fraction of sp³-hybridized carbons (Fsp3) is 0.273. The number of unbranched alkanes of at least 4 members (excludes halogenated alkanes) is 1. The van der Waals surface area contributed by atoms with E-state index in [2.05, 4.69) is 25.3 Å². The Labute approximate surface area is 173 Å². The zero-order chi connectivity index (χ0) is 20.1. The minimum atomic E-state index is -0.153. The number of nitrogens with one attached hydrogen (secondary N) is 2. The lowest BCUT2D eigenvalue weighted by Gasteiger charge is -2.05. The van der Waals surface area contributed by atoms with Gasteiger partial charge in [-0.3, -0.25) is 9.78 Å². The van der Waals surface area contributed by atoms with Crippen molar-refractivity contribution in [1.29, 1.82) is 0 Å². The van der Waals surface area contributed by atoms with Gasteiger partial charge in [0.2, 0.25) is 0 Å². The van der Waals surface area contributed by atoms with Crippen molar-refractivity contribution in [1.82, 2.24) is 25.3 Å². The van der Waals surface area contributed by atoms with Crippen LogP contribution in [0.1, 0.15) is 45.4 Å². The number of aromatic amines is 1. The molecule has 0 aliphatic heterocycles. The average molecular weight is 406 g/mol. The first-order chi connectivity index (χ1) is 14.2. The molecule has 0 spiro atoms. The molecule has 7 heteroatoms. The molecule has 1 aromatic carbocycles. The second-order valence-electron chi connectivity index (χ2n) is 6.98. The third kappa shape index (κ3) is 4.86. The number of carbonyl (C=O) groups is 1. The fourth-order valence-corrected chi connectivity index (χ4v) is 4.00. The quantitative estimate of drug-likeness (QED) is 0.430. The number of aryl methyl sites for hydroxylation is 3. The first-order valence-corrected chi connectivity index (χ1v) is 10.6. The summed E-state index contributed by atoms with van der Waals surface area (Å²) in [5.41, 5.74) is 4.52. The van der Waals surface area contributed by atoms with Gasteiger partial charge in [0.1, 0.15) is 11.5 Å². The number of hydrogen-bond donors (Lipinski definition) is 2. The van der Waals surface area contributed by atoms with E-state index >= 15 is 0 Å². The number of imidazole rings is 1. The van der Waals surface area contributed by atoms with Crippen LogP contribution in [0.15, 0.2) is 48.0 Å². The first kappa shape index (κ1) is 19.3. The van der Waals surface area contributed by atoms with Crippen LogP contribution in [0.2, 0.25) is 0 Å². The number of thiazole rings is 1. The van der Waals surface area contributed by atoms with E-state index in [-0.39, 0.29) is 5.91 Å². The molecule has 4 rings (SSSR count). The van der Waals surface area contributed by atoms with E-state index in [9.17, 15) is 4.79 Å². The number of amides is 1. The van der Waals surface area contributed by atoms with E-state index in [1.807, 2.05) is 48.7 Å². The van der Waals surface area contributed by atoms with Crippen molar-refractivity contribution in [3.8, 4) is 0 Å². The highest BCUT2D eigenvalue weighted by Crippen LogP contribution is 2.15. The van der Waals surface area contributed by atoms with Crippen molar-refractivity contribution in [2.24, 2.45) is 0 Å². The Hall–Kier alpha value is -3.06. The maximum Gasteiger partial charge on any atom is 0.271 e. The number of hydrogen-bond acceptors (Lipinski definition) is 5. The van der Waals surface area contributed by atoms with Gasteiger partial charge in [-0.25, -0.2) is 9.97 Å². The van der Waals surface area contributed by atoms with Gasteiger partial charge in [-0.05, 0) is 49.9 Å². The van der Waals surface area contributed by atoms with Crippen molar-refractivity contribution >= 4 is 28.3 Å². The molecular formula is C22H23N5OS. The molecule has 0 aliphatic carbocycles. The molecule has 0 atom stereocenters. The molecule has 3 heterocycles. The molecule has 0 aliphatic rings. The second-order valence-corrected chi connectivity index (χ2v) is 7.93. The second kappa shape index (κ2) is 8.96. The first-order valence-electron chi connectivity index (χ1n) is 9.76. The molecule has 0 unspecified atom stereocenters. The average Bonchev–Trinajstić information content (AvgIpc) is 3.37. The van der Waals surface area contributed by atoms with Gasteiger partial charge in [0.05, 0.1) is 28.3 Å². The summed E-state index contributed by atoms with van der Waals surface area (Å²) in [6.07, 6.45) is 5.56. The van der Waals surface area contributed by atoms with E-state index < -0.39 is 0 Å². The van der Waals surface area contributed by atoms with Gasteiger partial charge in [0, 0.05) is 18.0 Å². The Morgan fingerprint density at radius 3 is 2.83 bits per heavy atom. The zero-order valence-corrected chi connectivity index (χ0v) is 17.1. The van der Waals surface area contributed by atoms with E-state index in [0.717, 1.165) is 58.8 Å². The number of pyridine rings is 1. The molecule has 0 fully saturated rings. The highest BCUT2D eigenvalue weighted by Gasteiger charge is 2.11. The number of para-hydroxylation sites is 2. The molecule has 6 nitrogen and oxygen atoms in total. The predicted molar refractivity (Wildman–Crippen MR) is 115 cm³/mol. The monoisotopic (exact) mass is 405 g/mol. The normalized spacial score (nSPS) is 11.1. The van der Waals surface area contributed by atoms with Gasteiger partial charge in [-0.2, -0.15) is 0 Å². The minimum absolute atomic E-state index is 0.153. The fourth-order valence-electron chi connectivity index (χ4n) is 3.18. The molecule has 0 radical (unpaired) electrons. The summed E-state index contributed by atoms with van der Waals surface area (Å²) in [5.74, 6) is 0.870. The van der Waals surface area contributed by atoms with Gasteiger partial charge in [-0.15, -0.1) is 11.3 Å². The summed E-state index contributed by atoms with van der Waals surface area (Å²) in [5, 5.41) is 5.72. The molecule has 1 amide bonds. The highest BCUT2D eigenvalue weighted by atomic mass is 32.1. The zero-order valence-electron chi connectivity index (χ0n) is 16.3. The lowest BCUT2D eigenvalue weighted by Crippen LogP contribution is -2.24. The maximum absolute atomic E-state index is 12.3. The maximum atomic E-state index is 12.3. The van der Waals surface area contributed by atoms with Crippen LogP contribution >= 0.6 is 11.3 Å². The number of aromatic nitrogens is 4. The van der Waals surface area contributed by atoms with Gasteiger partial charge in [-0.1, -0.05) is 18.2 Å². The smallest absolute Gasteiger partial charge is 0.271 e. The van der Waals surface area contributed by atoms with Gasteiger partial charge >= 0.3 is 0 Å². The number of fused-ring (bicyclic) bond motifs is 1. The van der Waals surface area contributed by atoms with Gasteiger partial charge < -0.3 is 10.3 Å². The number of rotatable bonds is 8. The lowest BCUT2D eigenvalue weighted by molar-refractivity contribution is 0.0946. The van der Waals surface area contributed by atoms with Crippen molar-refractivity contribution in [3.05, 3.63) is 75.8 Å². The Morgan fingerprint density at radius 2 is 1.97 bits per heavy atom.